The number of para-hydroxylation sites is 1. The van der Waals surface area contributed by atoms with Crippen LogP contribution < -0.4 is 10.9 Å². The topological polar surface area (TPSA) is 106 Å². The minimum absolute atomic E-state index is 0.0356. The van der Waals surface area contributed by atoms with Crippen LogP contribution in [0, 0.1) is 0 Å². The number of aromatic nitrogens is 3. The Morgan fingerprint density at radius 2 is 2.14 bits per heavy atom. The summed E-state index contributed by atoms with van der Waals surface area (Å²) in [6.07, 6.45) is 1.75. The number of anilines is 1. The molecule has 9 nitrogen and oxygen atoms in total. The fraction of sp³-hybridized carbons (Fsp3) is 0.316. The van der Waals surface area contributed by atoms with Gasteiger partial charge in [0.15, 0.2) is 5.13 Å². The molecule has 29 heavy (non-hydrogen) atoms. The van der Waals surface area contributed by atoms with Crippen molar-refractivity contribution in [3.8, 4) is 0 Å². The molecule has 0 atom stereocenters. The van der Waals surface area contributed by atoms with E-state index in [4.69, 9.17) is 0 Å². The number of ether oxygens (including phenoxy) is 1. The molecule has 150 valence electrons. The lowest BCUT2D eigenvalue weighted by Crippen LogP contribution is -2.36. The lowest BCUT2D eigenvalue weighted by Gasteiger charge is -2.26. The quantitative estimate of drug-likeness (QED) is 0.701. The summed E-state index contributed by atoms with van der Waals surface area (Å²) in [6, 6.07) is 7.15. The van der Waals surface area contributed by atoms with Crippen LogP contribution in [-0.2, 0) is 29.0 Å². The number of amides is 2. The number of nitrogens with zero attached hydrogens (tertiary/aromatic N) is 4. The van der Waals surface area contributed by atoms with Crippen molar-refractivity contribution in [3.63, 3.8) is 0 Å². The number of benzene rings is 1. The van der Waals surface area contributed by atoms with Gasteiger partial charge in [-0.1, -0.05) is 23.5 Å². The van der Waals surface area contributed by atoms with Crippen molar-refractivity contribution in [1.82, 2.24) is 19.4 Å². The third-order valence-electron chi connectivity index (χ3n) is 4.78. The molecule has 2 aromatic heterocycles. The summed E-state index contributed by atoms with van der Waals surface area (Å²) in [5.74, 6) is -0.0356. The third kappa shape index (κ3) is 3.97. The molecule has 0 bridgehead atoms. The molecule has 0 spiro atoms. The lowest BCUT2D eigenvalue weighted by molar-refractivity contribution is -0.132. The van der Waals surface area contributed by atoms with Crippen molar-refractivity contribution in [2.75, 3.05) is 19.0 Å². The molecule has 0 aliphatic carbocycles. The van der Waals surface area contributed by atoms with Crippen LogP contribution in [0.3, 0.4) is 0 Å². The number of rotatable bonds is 4. The van der Waals surface area contributed by atoms with Gasteiger partial charge < -0.3 is 9.64 Å². The standard InChI is InChI=1S/C19H19N5O4S/c1-28-19(27)22-18-21-14-6-8-23(10-15(14)29-18)16(25)7-9-24-11-20-13-5-3-2-4-12(13)17(24)26/h2-5,11H,6-10H2,1H3,(H,21,22,27). The van der Waals surface area contributed by atoms with Crippen molar-refractivity contribution in [2.45, 2.75) is 25.9 Å². The van der Waals surface area contributed by atoms with Crippen LogP contribution in [0.25, 0.3) is 10.9 Å². The molecule has 1 aromatic carbocycles. The zero-order valence-electron chi connectivity index (χ0n) is 15.8. The molecule has 3 aromatic rings. The van der Waals surface area contributed by atoms with Crippen molar-refractivity contribution in [3.05, 3.63) is 51.5 Å². The van der Waals surface area contributed by atoms with Crippen molar-refractivity contribution < 1.29 is 14.3 Å². The Hall–Kier alpha value is -3.27. The van der Waals surface area contributed by atoms with Crippen LogP contribution in [0.1, 0.15) is 17.0 Å². The van der Waals surface area contributed by atoms with Crippen LogP contribution in [0.4, 0.5) is 9.93 Å². The maximum Gasteiger partial charge on any atom is 0.413 e. The zero-order valence-corrected chi connectivity index (χ0v) is 16.6. The van der Waals surface area contributed by atoms with Gasteiger partial charge in [0.25, 0.3) is 5.56 Å². The summed E-state index contributed by atoms with van der Waals surface area (Å²) in [7, 11) is 1.29. The average Bonchev–Trinajstić information content (AvgIpc) is 3.14. The molecule has 0 saturated carbocycles. The Balaban J connectivity index is 1.41. The second-order valence-electron chi connectivity index (χ2n) is 6.58. The number of thiazole rings is 1. The van der Waals surface area contributed by atoms with Gasteiger partial charge in [-0.05, 0) is 12.1 Å². The van der Waals surface area contributed by atoms with E-state index >= 15 is 0 Å². The zero-order chi connectivity index (χ0) is 20.4. The smallest absolute Gasteiger partial charge is 0.413 e. The summed E-state index contributed by atoms with van der Waals surface area (Å²) in [4.78, 5) is 47.9. The number of hydrogen-bond donors (Lipinski definition) is 1. The molecule has 0 fully saturated rings. The molecule has 2 amide bonds. The van der Waals surface area contributed by atoms with Crippen LogP contribution in [0.5, 0.6) is 0 Å². The van der Waals surface area contributed by atoms with Gasteiger partial charge in [0.1, 0.15) is 0 Å². The fourth-order valence-electron chi connectivity index (χ4n) is 3.24. The molecular weight excluding hydrogens is 394 g/mol. The molecule has 4 rings (SSSR count). The van der Waals surface area contributed by atoms with Crippen LogP contribution in [0.2, 0.25) is 0 Å². The first-order valence-electron chi connectivity index (χ1n) is 9.10. The van der Waals surface area contributed by atoms with Gasteiger partial charge in [-0.15, -0.1) is 0 Å². The molecular formula is C19H19N5O4S. The number of methoxy groups -OCH3 is 1. The Bertz CT molecular complexity index is 1140. The first kappa shape index (κ1) is 19.1. The molecule has 1 aliphatic heterocycles. The summed E-state index contributed by atoms with van der Waals surface area (Å²) in [5, 5.41) is 3.56. The maximum atomic E-state index is 12.7. The summed E-state index contributed by atoms with van der Waals surface area (Å²) in [5.41, 5.74) is 1.39. The second-order valence-corrected chi connectivity index (χ2v) is 7.66. The van der Waals surface area contributed by atoms with Gasteiger partial charge in [-0.3, -0.25) is 19.5 Å². The van der Waals surface area contributed by atoms with Crippen LogP contribution >= 0.6 is 11.3 Å². The highest BCUT2D eigenvalue weighted by molar-refractivity contribution is 7.15. The number of carbonyl (C=O) groups excluding carboxylic acids is 2. The molecule has 1 N–H and O–H groups in total. The highest BCUT2D eigenvalue weighted by Crippen LogP contribution is 2.28. The predicted octanol–water partition coefficient (Wildman–Crippen LogP) is 2.01. The molecule has 0 saturated heterocycles. The SMILES string of the molecule is COC(=O)Nc1nc2c(s1)CN(C(=O)CCn1cnc3ccccc3c1=O)CC2. The fourth-order valence-corrected chi connectivity index (χ4v) is 4.25. The maximum absolute atomic E-state index is 12.7. The summed E-state index contributed by atoms with van der Waals surface area (Å²) >= 11 is 1.34. The van der Waals surface area contributed by atoms with Gasteiger partial charge in [0.2, 0.25) is 5.91 Å². The highest BCUT2D eigenvalue weighted by Gasteiger charge is 2.24. The first-order valence-corrected chi connectivity index (χ1v) is 9.92. The molecule has 0 radical (unpaired) electrons. The minimum Gasteiger partial charge on any atom is -0.453 e. The van der Waals surface area contributed by atoms with Gasteiger partial charge >= 0.3 is 6.09 Å². The summed E-state index contributed by atoms with van der Waals surface area (Å²) in [6.45, 7) is 1.27. The van der Waals surface area contributed by atoms with E-state index in [2.05, 4.69) is 20.0 Å². The summed E-state index contributed by atoms with van der Waals surface area (Å²) < 4.78 is 6.05. The normalized spacial score (nSPS) is 13.2. The first-order chi connectivity index (χ1) is 14.0. The Labute approximate surface area is 170 Å². The van der Waals surface area contributed by atoms with E-state index in [0.29, 0.717) is 35.5 Å². The average molecular weight is 413 g/mol. The van der Waals surface area contributed by atoms with E-state index in [1.54, 1.807) is 23.1 Å². The van der Waals surface area contributed by atoms with Crippen molar-refractivity contribution in [2.24, 2.45) is 0 Å². The Morgan fingerprint density at radius 1 is 1.31 bits per heavy atom. The van der Waals surface area contributed by atoms with Crippen molar-refractivity contribution in [1.29, 1.82) is 0 Å². The number of aryl methyl sites for hydroxylation is 1. The van der Waals surface area contributed by atoms with Gasteiger partial charge in [0, 0.05) is 30.8 Å². The highest BCUT2D eigenvalue weighted by atomic mass is 32.1. The molecule has 10 heteroatoms. The van der Waals surface area contributed by atoms with E-state index in [1.807, 2.05) is 6.07 Å². The van der Waals surface area contributed by atoms with E-state index in [9.17, 15) is 14.4 Å². The lowest BCUT2D eigenvalue weighted by atomic mass is 10.1. The Kier molecular flexibility index (Phi) is 5.26. The third-order valence-corrected chi connectivity index (χ3v) is 5.77. The molecule has 1 aliphatic rings. The van der Waals surface area contributed by atoms with E-state index < -0.39 is 6.09 Å². The number of hydrogen-bond acceptors (Lipinski definition) is 7. The number of nitrogens with one attached hydrogen (secondary N) is 1. The van der Waals surface area contributed by atoms with Gasteiger partial charge in [-0.2, -0.15) is 0 Å². The molecule has 3 heterocycles. The van der Waals surface area contributed by atoms with E-state index in [1.165, 1.54) is 29.3 Å². The molecule has 0 unspecified atom stereocenters. The van der Waals surface area contributed by atoms with Gasteiger partial charge in [-0.25, -0.2) is 14.8 Å². The van der Waals surface area contributed by atoms with E-state index in [-0.39, 0.29) is 24.4 Å². The minimum atomic E-state index is -0.571. The number of carbonyl (C=O) groups is 2. The van der Waals surface area contributed by atoms with E-state index in [0.717, 1.165) is 10.6 Å². The second kappa shape index (κ2) is 8.00. The Morgan fingerprint density at radius 3 is 2.97 bits per heavy atom. The van der Waals surface area contributed by atoms with Crippen LogP contribution in [0.15, 0.2) is 35.4 Å². The largest absolute Gasteiger partial charge is 0.453 e. The monoisotopic (exact) mass is 413 g/mol. The van der Waals surface area contributed by atoms with Crippen LogP contribution in [-0.4, -0.2) is 45.1 Å². The van der Waals surface area contributed by atoms with Crippen molar-refractivity contribution >= 4 is 39.4 Å². The van der Waals surface area contributed by atoms with Gasteiger partial charge in [0.05, 0.1) is 36.6 Å². The number of fused-ring (bicyclic) bond motifs is 2. The predicted molar refractivity (Wildman–Crippen MR) is 108 cm³/mol.